The quantitative estimate of drug-likeness (QED) is 0.241. The number of carbonyl (C=O) groups excluding carboxylic acids is 3. The summed E-state index contributed by atoms with van der Waals surface area (Å²) in [7, 11) is 1.52. The highest BCUT2D eigenvalue weighted by atomic mass is 35.5. The Morgan fingerprint density at radius 1 is 0.974 bits per heavy atom. The van der Waals surface area contributed by atoms with Gasteiger partial charge in [-0.2, -0.15) is 0 Å². The van der Waals surface area contributed by atoms with Gasteiger partial charge < -0.3 is 14.8 Å². The Kier molecular flexibility index (Phi) is 7.86. The largest absolute Gasteiger partial charge is 0.493 e. The van der Waals surface area contributed by atoms with Gasteiger partial charge in [-0.05, 0) is 53.1 Å². The Balaban J connectivity index is 1.33. The SMILES string of the molecule is COc1cccc(/C=C2/SC(=O)N(CC(=O)Nc3cccc4ccccc34)C2=O)c1OCc1ccc(Cl)cc1. The van der Waals surface area contributed by atoms with Crippen molar-refractivity contribution in [2.75, 3.05) is 19.0 Å². The predicted octanol–water partition coefficient (Wildman–Crippen LogP) is 6.76. The average Bonchev–Trinajstić information content (AvgIpc) is 3.20. The molecule has 1 heterocycles. The molecule has 1 fully saturated rings. The molecular formula is C30H23ClN2O5S. The molecule has 1 aliphatic rings. The number of nitrogens with one attached hydrogen (secondary N) is 1. The fourth-order valence-electron chi connectivity index (χ4n) is 4.14. The van der Waals surface area contributed by atoms with Gasteiger partial charge in [0, 0.05) is 21.7 Å². The van der Waals surface area contributed by atoms with Crippen LogP contribution in [-0.4, -0.2) is 35.6 Å². The minimum absolute atomic E-state index is 0.183. The molecule has 0 atom stereocenters. The third-order valence-corrected chi connectivity index (χ3v) is 7.21. The van der Waals surface area contributed by atoms with Gasteiger partial charge in [-0.25, -0.2) is 0 Å². The highest BCUT2D eigenvalue weighted by Gasteiger charge is 2.36. The van der Waals surface area contributed by atoms with E-state index in [1.54, 1.807) is 42.5 Å². The van der Waals surface area contributed by atoms with E-state index in [4.69, 9.17) is 21.1 Å². The number of methoxy groups -OCH3 is 1. The third-order valence-electron chi connectivity index (χ3n) is 6.05. The van der Waals surface area contributed by atoms with Crippen LogP contribution in [-0.2, 0) is 16.2 Å². The molecule has 0 unspecified atom stereocenters. The van der Waals surface area contributed by atoms with Crippen LogP contribution in [0.4, 0.5) is 10.5 Å². The van der Waals surface area contributed by atoms with E-state index in [1.807, 2.05) is 48.5 Å². The van der Waals surface area contributed by atoms with Gasteiger partial charge in [0.2, 0.25) is 5.91 Å². The first-order chi connectivity index (χ1) is 18.9. The van der Waals surface area contributed by atoms with Crippen molar-refractivity contribution in [1.29, 1.82) is 0 Å². The van der Waals surface area contributed by atoms with Gasteiger partial charge in [-0.1, -0.05) is 72.3 Å². The Bertz CT molecular complexity index is 1600. The van der Waals surface area contributed by atoms with Gasteiger partial charge in [0.05, 0.1) is 12.0 Å². The number of hydrogen-bond donors (Lipinski definition) is 1. The van der Waals surface area contributed by atoms with Crippen molar-refractivity contribution >= 4 is 63.0 Å². The number of rotatable bonds is 8. The zero-order valence-electron chi connectivity index (χ0n) is 20.8. The van der Waals surface area contributed by atoms with Crippen molar-refractivity contribution in [1.82, 2.24) is 4.90 Å². The summed E-state index contributed by atoms with van der Waals surface area (Å²) in [6.07, 6.45) is 1.58. The molecule has 1 saturated heterocycles. The van der Waals surface area contributed by atoms with Crippen LogP contribution in [0.3, 0.4) is 0 Å². The molecule has 3 amide bonds. The molecule has 0 spiro atoms. The van der Waals surface area contributed by atoms with E-state index in [0.29, 0.717) is 27.8 Å². The van der Waals surface area contributed by atoms with Crippen molar-refractivity contribution in [2.24, 2.45) is 0 Å². The molecule has 0 aromatic heterocycles. The molecule has 1 aliphatic heterocycles. The van der Waals surface area contributed by atoms with Crippen LogP contribution in [0.1, 0.15) is 11.1 Å². The molecule has 0 saturated carbocycles. The van der Waals surface area contributed by atoms with Crippen LogP contribution in [0.25, 0.3) is 16.8 Å². The Morgan fingerprint density at radius 2 is 1.72 bits per heavy atom. The lowest BCUT2D eigenvalue weighted by molar-refractivity contribution is -0.127. The second-order valence-corrected chi connectivity index (χ2v) is 10.1. The monoisotopic (exact) mass is 558 g/mol. The minimum atomic E-state index is -0.551. The molecule has 0 aliphatic carbocycles. The number of hydrogen-bond acceptors (Lipinski definition) is 6. The van der Waals surface area contributed by atoms with Gasteiger partial charge in [-0.15, -0.1) is 0 Å². The van der Waals surface area contributed by atoms with Gasteiger partial charge in [0.15, 0.2) is 11.5 Å². The van der Waals surface area contributed by atoms with E-state index >= 15 is 0 Å². The van der Waals surface area contributed by atoms with Crippen LogP contribution >= 0.6 is 23.4 Å². The minimum Gasteiger partial charge on any atom is -0.493 e. The summed E-state index contributed by atoms with van der Waals surface area (Å²) in [5.74, 6) is -0.116. The third kappa shape index (κ3) is 5.92. The second-order valence-electron chi connectivity index (χ2n) is 8.64. The van der Waals surface area contributed by atoms with Crippen molar-refractivity contribution in [3.63, 3.8) is 0 Å². The molecule has 7 nitrogen and oxygen atoms in total. The maximum atomic E-state index is 13.1. The smallest absolute Gasteiger partial charge is 0.294 e. The van der Waals surface area contributed by atoms with E-state index in [9.17, 15) is 14.4 Å². The standard InChI is InChI=1S/C30H23ClN2O5S/c1-37-25-11-5-8-21(28(25)38-18-19-12-14-22(31)15-13-19)16-26-29(35)33(30(36)39-26)17-27(34)32-24-10-4-7-20-6-2-3-9-23(20)24/h2-16H,17-18H2,1H3,(H,32,34)/b26-16+. The summed E-state index contributed by atoms with van der Waals surface area (Å²) in [6, 6.07) is 25.7. The van der Waals surface area contributed by atoms with Crippen molar-refractivity contribution in [3.05, 3.63) is 106 Å². The fourth-order valence-corrected chi connectivity index (χ4v) is 5.10. The zero-order valence-corrected chi connectivity index (χ0v) is 22.4. The predicted molar refractivity (Wildman–Crippen MR) is 154 cm³/mol. The molecule has 0 radical (unpaired) electrons. The number of ether oxygens (including phenoxy) is 2. The van der Waals surface area contributed by atoms with Crippen LogP contribution in [0, 0.1) is 0 Å². The van der Waals surface area contributed by atoms with E-state index < -0.39 is 23.6 Å². The fraction of sp³-hybridized carbons (Fsp3) is 0.100. The van der Waals surface area contributed by atoms with Gasteiger partial charge >= 0.3 is 0 Å². The topological polar surface area (TPSA) is 84.9 Å². The molecule has 5 rings (SSSR count). The number of para-hydroxylation sites is 1. The number of halogens is 1. The number of imide groups is 1. The summed E-state index contributed by atoms with van der Waals surface area (Å²) < 4.78 is 11.5. The average molecular weight is 559 g/mol. The van der Waals surface area contributed by atoms with Crippen LogP contribution < -0.4 is 14.8 Å². The molecule has 0 bridgehead atoms. The summed E-state index contributed by atoms with van der Waals surface area (Å²) in [4.78, 5) is 39.8. The van der Waals surface area contributed by atoms with Gasteiger partial charge in [-0.3, -0.25) is 19.3 Å². The number of carbonyl (C=O) groups is 3. The van der Waals surface area contributed by atoms with E-state index in [0.717, 1.165) is 33.0 Å². The van der Waals surface area contributed by atoms with Gasteiger partial charge in [0.1, 0.15) is 13.2 Å². The number of benzene rings is 4. The number of fused-ring (bicyclic) bond motifs is 1. The first kappa shape index (κ1) is 26.3. The van der Waals surface area contributed by atoms with Gasteiger partial charge in [0.25, 0.3) is 11.1 Å². The van der Waals surface area contributed by atoms with Crippen LogP contribution in [0.5, 0.6) is 11.5 Å². The van der Waals surface area contributed by atoms with Crippen LogP contribution in [0.2, 0.25) is 5.02 Å². The van der Waals surface area contributed by atoms with Crippen molar-refractivity contribution in [3.8, 4) is 11.5 Å². The lowest BCUT2D eigenvalue weighted by atomic mass is 10.1. The molecule has 4 aromatic carbocycles. The number of amides is 3. The summed E-state index contributed by atoms with van der Waals surface area (Å²) in [6.45, 7) is -0.155. The zero-order chi connectivity index (χ0) is 27.4. The van der Waals surface area contributed by atoms with E-state index in [2.05, 4.69) is 5.32 Å². The first-order valence-corrected chi connectivity index (χ1v) is 13.2. The molecule has 39 heavy (non-hydrogen) atoms. The second kappa shape index (κ2) is 11.6. The number of thioether (sulfide) groups is 1. The summed E-state index contributed by atoms with van der Waals surface area (Å²) >= 11 is 6.74. The Morgan fingerprint density at radius 3 is 2.51 bits per heavy atom. The molecule has 196 valence electrons. The summed E-state index contributed by atoms with van der Waals surface area (Å²) in [5, 5.41) is 4.76. The first-order valence-electron chi connectivity index (χ1n) is 12.0. The maximum Gasteiger partial charge on any atom is 0.294 e. The lowest BCUT2D eigenvalue weighted by Crippen LogP contribution is -2.36. The highest BCUT2D eigenvalue weighted by Crippen LogP contribution is 2.38. The maximum absolute atomic E-state index is 13.1. The number of anilines is 1. The Labute approximate surface area is 234 Å². The highest BCUT2D eigenvalue weighted by molar-refractivity contribution is 8.18. The number of nitrogens with zero attached hydrogens (tertiary/aromatic N) is 1. The van der Waals surface area contributed by atoms with Crippen molar-refractivity contribution < 1.29 is 23.9 Å². The summed E-state index contributed by atoms with van der Waals surface area (Å²) in [5.41, 5.74) is 2.07. The van der Waals surface area contributed by atoms with Crippen molar-refractivity contribution in [2.45, 2.75) is 6.61 Å². The molecule has 9 heteroatoms. The van der Waals surface area contributed by atoms with E-state index in [-0.39, 0.29) is 11.5 Å². The molecule has 1 N–H and O–H groups in total. The van der Waals surface area contributed by atoms with Crippen LogP contribution in [0.15, 0.2) is 89.8 Å². The van der Waals surface area contributed by atoms with E-state index in [1.165, 1.54) is 7.11 Å². The lowest BCUT2D eigenvalue weighted by Gasteiger charge is -2.14. The normalized spacial score (nSPS) is 14.2. The molecular weight excluding hydrogens is 536 g/mol. The molecule has 4 aromatic rings. The Hall–Kier alpha value is -4.27.